The number of ether oxygens (including phenoxy) is 2. The molecule has 1 heterocycles. The zero-order valence-corrected chi connectivity index (χ0v) is 14.0. The average Bonchev–Trinajstić information content (AvgIpc) is 2.64. The summed E-state index contributed by atoms with van der Waals surface area (Å²) >= 11 is 0. The third-order valence-corrected chi connectivity index (χ3v) is 3.82. The van der Waals surface area contributed by atoms with Gasteiger partial charge in [0.05, 0.1) is 18.2 Å². The first-order valence-electron chi connectivity index (χ1n) is 7.73. The Morgan fingerprint density at radius 1 is 1.11 bits per heavy atom. The van der Waals surface area contributed by atoms with Gasteiger partial charge in [0.1, 0.15) is 17.9 Å². The van der Waals surface area contributed by atoms with Crippen LogP contribution in [0.4, 0.5) is 13.2 Å². The van der Waals surface area contributed by atoms with Crippen LogP contribution >= 0.6 is 0 Å². The molecule has 5 nitrogen and oxygen atoms in total. The monoisotopic (exact) mass is 378 g/mol. The van der Waals surface area contributed by atoms with Crippen LogP contribution < -0.4 is 10.4 Å². The Bertz CT molecular complexity index is 1050. The summed E-state index contributed by atoms with van der Waals surface area (Å²) in [5, 5.41) is 0.521. The van der Waals surface area contributed by atoms with Gasteiger partial charge in [-0.1, -0.05) is 6.07 Å². The van der Waals surface area contributed by atoms with Crippen molar-refractivity contribution >= 4 is 16.9 Å². The van der Waals surface area contributed by atoms with Gasteiger partial charge in [-0.15, -0.1) is 0 Å². The molecule has 8 heteroatoms. The highest BCUT2D eigenvalue weighted by atomic mass is 19.4. The molecule has 0 N–H and O–H groups in total. The molecule has 3 aromatic rings. The average molecular weight is 378 g/mol. The number of carbonyl (C=O) groups excluding carboxylic acids is 1. The molecule has 0 atom stereocenters. The fourth-order valence-corrected chi connectivity index (χ4v) is 2.51. The van der Waals surface area contributed by atoms with E-state index in [1.54, 1.807) is 12.1 Å². The molecule has 0 saturated carbocycles. The minimum absolute atomic E-state index is 0.237. The quantitative estimate of drug-likeness (QED) is 0.503. The van der Waals surface area contributed by atoms with E-state index in [9.17, 15) is 22.8 Å². The highest BCUT2D eigenvalue weighted by Crippen LogP contribution is 2.30. The Kier molecular flexibility index (Phi) is 4.89. The maximum Gasteiger partial charge on any atom is 0.416 e. The lowest BCUT2D eigenvalue weighted by molar-refractivity contribution is -0.137. The maximum absolute atomic E-state index is 12.8. The number of esters is 1. The lowest BCUT2D eigenvalue weighted by Gasteiger charge is -2.10. The van der Waals surface area contributed by atoms with Crippen LogP contribution in [0.3, 0.4) is 0 Å². The number of hydrogen-bond donors (Lipinski definition) is 0. The molecule has 0 aliphatic carbocycles. The van der Waals surface area contributed by atoms with Gasteiger partial charge < -0.3 is 13.9 Å². The van der Waals surface area contributed by atoms with Crippen molar-refractivity contribution < 1.29 is 31.9 Å². The van der Waals surface area contributed by atoms with Gasteiger partial charge in [0.2, 0.25) is 0 Å². The lowest BCUT2D eigenvalue weighted by atomic mass is 10.1. The Labute approximate surface area is 150 Å². The van der Waals surface area contributed by atoms with Gasteiger partial charge in [-0.2, -0.15) is 13.2 Å². The van der Waals surface area contributed by atoms with Crippen LogP contribution in [0.2, 0.25) is 0 Å². The van der Waals surface area contributed by atoms with Crippen LogP contribution in [-0.2, 0) is 17.5 Å². The van der Waals surface area contributed by atoms with E-state index in [-0.39, 0.29) is 17.8 Å². The standard InChI is InChI=1S/C19H13F3O5/c1-25-14-5-6-15-12(8-17(23)27-16(15)9-14)10-26-18(24)11-3-2-4-13(7-11)19(20,21)22/h2-9H,10H2,1H3. The van der Waals surface area contributed by atoms with E-state index >= 15 is 0 Å². The van der Waals surface area contributed by atoms with Crippen molar-refractivity contribution in [2.45, 2.75) is 12.8 Å². The summed E-state index contributed by atoms with van der Waals surface area (Å²) in [4.78, 5) is 23.8. The van der Waals surface area contributed by atoms with Crippen LogP contribution in [0.25, 0.3) is 11.0 Å². The van der Waals surface area contributed by atoms with Crippen molar-refractivity contribution in [2.75, 3.05) is 7.11 Å². The van der Waals surface area contributed by atoms with E-state index < -0.39 is 23.3 Å². The summed E-state index contributed by atoms with van der Waals surface area (Å²) in [6.45, 7) is -0.302. The summed E-state index contributed by atoms with van der Waals surface area (Å²) in [5.74, 6) is -0.459. The van der Waals surface area contributed by atoms with E-state index in [1.165, 1.54) is 19.2 Å². The number of halogens is 3. The number of hydrogen-bond acceptors (Lipinski definition) is 5. The van der Waals surface area contributed by atoms with E-state index in [0.717, 1.165) is 18.2 Å². The molecule has 0 aliphatic heterocycles. The zero-order valence-electron chi connectivity index (χ0n) is 14.0. The fraction of sp³-hybridized carbons (Fsp3) is 0.158. The first-order chi connectivity index (χ1) is 12.8. The van der Waals surface area contributed by atoms with Gasteiger partial charge in [-0.3, -0.25) is 0 Å². The fourth-order valence-electron chi connectivity index (χ4n) is 2.51. The highest BCUT2D eigenvalue weighted by molar-refractivity contribution is 5.90. The molecule has 0 unspecified atom stereocenters. The van der Waals surface area contributed by atoms with Gasteiger partial charge in [-0.05, 0) is 30.3 Å². The minimum Gasteiger partial charge on any atom is -0.497 e. The largest absolute Gasteiger partial charge is 0.497 e. The van der Waals surface area contributed by atoms with Crippen molar-refractivity contribution in [3.63, 3.8) is 0 Å². The molecule has 140 valence electrons. The normalized spacial score (nSPS) is 11.4. The third kappa shape index (κ3) is 4.11. The minimum atomic E-state index is -4.57. The van der Waals surface area contributed by atoms with Crippen LogP contribution in [0, 0.1) is 0 Å². The second-order valence-electron chi connectivity index (χ2n) is 5.61. The molecule has 0 saturated heterocycles. The summed E-state index contributed by atoms with van der Waals surface area (Å²) < 4.78 is 53.5. The van der Waals surface area contributed by atoms with Gasteiger partial charge >= 0.3 is 17.8 Å². The molecular formula is C19H13F3O5. The van der Waals surface area contributed by atoms with Gasteiger partial charge in [0, 0.05) is 23.1 Å². The van der Waals surface area contributed by atoms with Crippen molar-refractivity contribution in [2.24, 2.45) is 0 Å². The lowest BCUT2D eigenvalue weighted by Crippen LogP contribution is -2.10. The summed E-state index contributed by atoms with van der Waals surface area (Å²) in [5.41, 5.74) is -1.23. The maximum atomic E-state index is 12.8. The van der Waals surface area contributed by atoms with E-state index in [4.69, 9.17) is 13.9 Å². The molecule has 0 spiro atoms. The number of alkyl halides is 3. The predicted octanol–water partition coefficient (Wildman–Crippen LogP) is 4.18. The molecular weight excluding hydrogens is 365 g/mol. The molecule has 0 radical (unpaired) electrons. The molecule has 2 aromatic carbocycles. The number of rotatable bonds is 4. The number of fused-ring (bicyclic) bond motifs is 1. The van der Waals surface area contributed by atoms with Gasteiger partial charge in [-0.25, -0.2) is 9.59 Å². The van der Waals surface area contributed by atoms with Crippen molar-refractivity contribution in [1.29, 1.82) is 0 Å². The molecule has 1 aromatic heterocycles. The van der Waals surface area contributed by atoms with Crippen LogP contribution in [-0.4, -0.2) is 13.1 Å². The van der Waals surface area contributed by atoms with E-state index in [0.29, 0.717) is 22.8 Å². The molecule has 0 bridgehead atoms. The van der Waals surface area contributed by atoms with Crippen LogP contribution in [0.15, 0.2) is 57.7 Å². The van der Waals surface area contributed by atoms with Crippen molar-refractivity contribution in [1.82, 2.24) is 0 Å². The Morgan fingerprint density at radius 3 is 2.59 bits per heavy atom. The van der Waals surface area contributed by atoms with Crippen LogP contribution in [0.1, 0.15) is 21.5 Å². The predicted molar refractivity (Wildman–Crippen MR) is 89.6 cm³/mol. The van der Waals surface area contributed by atoms with Gasteiger partial charge in [0.15, 0.2) is 0 Å². The van der Waals surface area contributed by atoms with E-state index in [2.05, 4.69) is 0 Å². The zero-order chi connectivity index (χ0) is 19.6. The molecule has 0 aliphatic rings. The highest BCUT2D eigenvalue weighted by Gasteiger charge is 2.31. The first-order valence-corrected chi connectivity index (χ1v) is 7.73. The summed E-state index contributed by atoms with van der Waals surface area (Å²) in [7, 11) is 1.46. The van der Waals surface area contributed by atoms with Crippen molar-refractivity contribution in [3.05, 3.63) is 75.6 Å². The second-order valence-corrected chi connectivity index (χ2v) is 5.61. The number of methoxy groups -OCH3 is 1. The Morgan fingerprint density at radius 2 is 1.89 bits per heavy atom. The SMILES string of the molecule is COc1ccc2c(COC(=O)c3cccc(C(F)(F)F)c3)cc(=O)oc2c1. The number of benzene rings is 2. The summed E-state index contributed by atoms with van der Waals surface area (Å²) in [6.07, 6.45) is -4.57. The van der Waals surface area contributed by atoms with Crippen molar-refractivity contribution in [3.8, 4) is 5.75 Å². The van der Waals surface area contributed by atoms with Gasteiger partial charge in [0.25, 0.3) is 0 Å². The Balaban J connectivity index is 1.85. The molecule has 0 amide bonds. The first kappa shape index (κ1) is 18.5. The van der Waals surface area contributed by atoms with E-state index in [1.807, 2.05) is 0 Å². The van der Waals surface area contributed by atoms with Crippen LogP contribution in [0.5, 0.6) is 5.75 Å². The number of carbonyl (C=O) groups is 1. The molecule has 27 heavy (non-hydrogen) atoms. The molecule has 3 rings (SSSR count). The molecule has 0 fully saturated rings. The summed E-state index contributed by atoms with van der Waals surface area (Å²) in [6, 6.07) is 9.86. The topological polar surface area (TPSA) is 65.7 Å². The second kappa shape index (κ2) is 7.14. The smallest absolute Gasteiger partial charge is 0.416 e. The Hall–Kier alpha value is -3.29. The third-order valence-electron chi connectivity index (χ3n) is 3.82.